The Balaban J connectivity index is 1.63. The molecule has 1 aliphatic rings. The van der Waals surface area contributed by atoms with Crippen LogP contribution in [0.5, 0.6) is 5.75 Å². The molecule has 0 unspecified atom stereocenters. The normalized spacial score (nSPS) is 17.3. The summed E-state index contributed by atoms with van der Waals surface area (Å²) in [5.41, 5.74) is -0.0418. The molecule has 1 fully saturated rings. The molecule has 1 aromatic heterocycles. The average molecular weight is 328 g/mol. The number of hydrogen-bond donors (Lipinski definition) is 0. The van der Waals surface area contributed by atoms with Crippen molar-refractivity contribution >= 4 is 17.6 Å². The van der Waals surface area contributed by atoms with E-state index < -0.39 is 4.92 Å². The maximum absolute atomic E-state index is 12.3. The summed E-state index contributed by atoms with van der Waals surface area (Å²) >= 11 is 0. The third-order valence-electron chi connectivity index (χ3n) is 3.86. The maximum Gasteiger partial charge on any atom is 0.316 e. The van der Waals surface area contributed by atoms with E-state index in [1.54, 1.807) is 18.5 Å². The number of aromatic nitrogens is 2. The highest BCUT2D eigenvalue weighted by Crippen LogP contribution is 2.23. The minimum absolute atomic E-state index is 0.0418. The average Bonchev–Trinajstić information content (AvgIpc) is 2.63. The lowest BCUT2D eigenvalue weighted by atomic mass is 9.98. The second-order valence-electron chi connectivity index (χ2n) is 5.51. The van der Waals surface area contributed by atoms with Gasteiger partial charge < -0.3 is 9.64 Å². The van der Waals surface area contributed by atoms with Crippen LogP contribution >= 0.6 is 0 Å². The van der Waals surface area contributed by atoms with E-state index in [1.165, 1.54) is 24.3 Å². The number of benzene rings is 1. The third-order valence-corrected chi connectivity index (χ3v) is 3.86. The second kappa shape index (κ2) is 7.03. The molecule has 1 saturated heterocycles. The molecular formula is C16H16N4O4. The molecule has 0 N–H and O–H groups in total. The van der Waals surface area contributed by atoms with Gasteiger partial charge in [-0.1, -0.05) is 0 Å². The fourth-order valence-electron chi connectivity index (χ4n) is 2.64. The van der Waals surface area contributed by atoms with Crippen LogP contribution in [0.2, 0.25) is 0 Å². The smallest absolute Gasteiger partial charge is 0.316 e. The predicted molar refractivity (Wildman–Crippen MR) is 85.7 cm³/mol. The van der Waals surface area contributed by atoms with Gasteiger partial charge in [0.25, 0.3) is 5.69 Å². The Hall–Kier alpha value is -3.03. The summed E-state index contributed by atoms with van der Waals surface area (Å²) in [6, 6.07) is 7.23. The number of nitro groups is 1. The van der Waals surface area contributed by atoms with Crippen LogP contribution in [0.4, 0.5) is 11.6 Å². The summed E-state index contributed by atoms with van der Waals surface area (Å²) in [5.74, 6) is 0.284. The fraction of sp³-hybridized carbons (Fsp3) is 0.312. The first-order chi connectivity index (χ1) is 11.6. The van der Waals surface area contributed by atoms with Crippen molar-refractivity contribution in [2.75, 3.05) is 18.0 Å². The van der Waals surface area contributed by atoms with Crippen LogP contribution in [0.25, 0.3) is 0 Å². The Morgan fingerprint density at radius 1 is 1.25 bits per heavy atom. The van der Waals surface area contributed by atoms with Gasteiger partial charge in [0.05, 0.1) is 10.8 Å². The molecule has 1 atom stereocenters. The second-order valence-corrected chi connectivity index (χ2v) is 5.51. The van der Waals surface area contributed by atoms with E-state index in [1.807, 2.05) is 4.90 Å². The van der Waals surface area contributed by atoms with E-state index >= 15 is 0 Å². The van der Waals surface area contributed by atoms with Crippen molar-refractivity contribution in [2.45, 2.75) is 12.8 Å². The molecule has 0 amide bonds. The number of piperidine rings is 1. The highest BCUT2D eigenvalue weighted by atomic mass is 16.6. The van der Waals surface area contributed by atoms with Crippen molar-refractivity contribution in [3.63, 3.8) is 0 Å². The molecule has 8 heteroatoms. The van der Waals surface area contributed by atoms with Gasteiger partial charge in [-0.05, 0) is 31.0 Å². The molecule has 1 aliphatic heterocycles. The van der Waals surface area contributed by atoms with Crippen LogP contribution in [0, 0.1) is 16.0 Å². The van der Waals surface area contributed by atoms with Crippen molar-refractivity contribution in [2.24, 2.45) is 5.92 Å². The van der Waals surface area contributed by atoms with Gasteiger partial charge in [-0.2, -0.15) is 0 Å². The molecule has 8 nitrogen and oxygen atoms in total. The molecule has 0 radical (unpaired) electrons. The molecular weight excluding hydrogens is 312 g/mol. The SMILES string of the molecule is O=C(Oc1ccc([N+](=O)[O-])cc1)[C@@H]1CCCN(c2ncccn2)C1. The summed E-state index contributed by atoms with van der Waals surface area (Å²) in [6.07, 6.45) is 4.91. The first-order valence-electron chi connectivity index (χ1n) is 7.61. The number of carbonyl (C=O) groups is 1. The minimum Gasteiger partial charge on any atom is -0.426 e. The monoisotopic (exact) mass is 328 g/mol. The zero-order valence-corrected chi connectivity index (χ0v) is 12.9. The number of ether oxygens (including phenoxy) is 1. The maximum atomic E-state index is 12.3. The van der Waals surface area contributed by atoms with Gasteiger partial charge in [0.1, 0.15) is 5.75 Å². The Bertz CT molecular complexity index is 721. The van der Waals surface area contributed by atoms with Gasteiger partial charge in [-0.3, -0.25) is 14.9 Å². The molecule has 0 aliphatic carbocycles. The summed E-state index contributed by atoms with van der Waals surface area (Å²) in [4.78, 5) is 32.9. The molecule has 3 rings (SSSR count). The van der Waals surface area contributed by atoms with Gasteiger partial charge in [0.2, 0.25) is 5.95 Å². The first-order valence-corrected chi connectivity index (χ1v) is 7.61. The van der Waals surface area contributed by atoms with Crippen LogP contribution in [-0.2, 0) is 4.79 Å². The number of hydrogen-bond acceptors (Lipinski definition) is 7. The lowest BCUT2D eigenvalue weighted by molar-refractivity contribution is -0.384. The van der Waals surface area contributed by atoms with Crippen LogP contribution < -0.4 is 9.64 Å². The quantitative estimate of drug-likeness (QED) is 0.367. The van der Waals surface area contributed by atoms with Crippen molar-refractivity contribution in [1.82, 2.24) is 9.97 Å². The molecule has 124 valence electrons. The largest absolute Gasteiger partial charge is 0.426 e. The zero-order chi connectivity index (χ0) is 16.9. The topological polar surface area (TPSA) is 98.5 Å². The van der Waals surface area contributed by atoms with Gasteiger partial charge in [-0.15, -0.1) is 0 Å². The van der Waals surface area contributed by atoms with Crippen molar-refractivity contribution in [3.05, 3.63) is 52.8 Å². The molecule has 2 aromatic rings. The van der Waals surface area contributed by atoms with Crippen LogP contribution in [0.3, 0.4) is 0 Å². The van der Waals surface area contributed by atoms with Gasteiger partial charge in [-0.25, -0.2) is 9.97 Å². The summed E-state index contributed by atoms with van der Waals surface area (Å²) in [7, 11) is 0. The number of rotatable bonds is 4. The van der Waals surface area contributed by atoms with Gasteiger partial charge in [0, 0.05) is 37.6 Å². The predicted octanol–water partition coefficient (Wildman–Crippen LogP) is 2.21. The standard InChI is InChI=1S/C16H16N4O4/c21-15(24-14-6-4-13(5-7-14)20(22)23)12-3-1-10-19(11-12)16-17-8-2-9-18-16/h2,4-9,12H,1,3,10-11H2/t12-/m1/s1. The Kier molecular flexibility index (Phi) is 4.64. The van der Waals surface area contributed by atoms with Crippen LogP contribution in [-0.4, -0.2) is 34.0 Å². The Morgan fingerprint density at radius 3 is 2.62 bits per heavy atom. The summed E-state index contributed by atoms with van der Waals surface area (Å²) in [6.45, 7) is 1.29. The van der Waals surface area contributed by atoms with E-state index in [0.717, 1.165) is 19.4 Å². The van der Waals surface area contributed by atoms with E-state index in [2.05, 4.69) is 9.97 Å². The van der Waals surface area contributed by atoms with E-state index in [4.69, 9.17) is 4.74 Å². The first kappa shape index (κ1) is 15.9. The number of esters is 1. The number of non-ortho nitro benzene ring substituents is 1. The lowest BCUT2D eigenvalue weighted by Crippen LogP contribution is -2.41. The summed E-state index contributed by atoms with van der Waals surface area (Å²) in [5, 5.41) is 10.6. The zero-order valence-electron chi connectivity index (χ0n) is 12.9. The molecule has 0 bridgehead atoms. The molecule has 24 heavy (non-hydrogen) atoms. The fourth-order valence-corrected chi connectivity index (χ4v) is 2.64. The molecule has 0 saturated carbocycles. The number of carbonyl (C=O) groups excluding carboxylic acids is 1. The van der Waals surface area contributed by atoms with E-state index in [9.17, 15) is 14.9 Å². The third kappa shape index (κ3) is 3.65. The molecule has 2 heterocycles. The number of nitro benzene ring substituents is 1. The van der Waals surface area contributed by atoms with E-state index in [-0.39, 0.29) is 17.6 Å². The number of nitrogens with zero attached hydrogens (tertiary/aromatic N) is 4. The molecule has 0 spiro atoms. The van der Waals surface area contributed by atoms with E-state index in [0.29, 0.717) is 18.2 Å². The lowest BCUT2D eigenvalue weighted by Gasteiger charge is -2.31. The Labute approximate surface area is 138 Å². The van der Waals surface area contributed by atoms with Gasteiger partial charge >= 0.3 is 5.97 Å². The Morgan fingerprint density at radius 2 is 1.96 bits per heavy atom. The van der Waals surface area contributed by atoms with Gasteiger partial charge in [0.15, 0.2) is 0 Å². The minimum atomic E-state index is -0.496. The highest BCUT2D eigenvalue weighted by molar-refractivity contribution is 5.76. The molecule has 1 aromatic carbocycles. The van der Waals surface area contributed by atoms with Crippen LogP contribution in [0.1, 0.15) is 12.8 Å². The van der Waals surface area contributed by atoms with Crippen LogP contribution in [0.15, 0.2) is 42.7 Å². The summed E-state index contributed by atoms with van der Waals surface area (Å²) < 4.78 is 5.34. The van der Waals surface area contributed by atoms with Crippen molar-refractivity contribution < 1.29 is 14.5 Å². The van der Waals surface area contributed by atoms with Crippen molar-refractivity contribution in [1.29, 1.82) is 0 Å². The number of anilines is 1. The van der Waals surface area contributed by atoms with Crippen molar-refractivity contribution in [3.8, 4) is 5.75 Å². The highest BCUT2D eigenvalue weighted by Gasteiger charge is 2.28.